The molecular formula is C5H10NaO. The van der Waals surface area contributed by atoms with Gasteiger partial charge in [0.1, 0.15) is 0 Å². The molecule has 1 rings (SSSR count). The summed E-state index contributed by atoms with van der Waals surface area (Å²) >= 11 is 0. The van der Waals surface area contributed by atoms with Crippen molar-refractivity contribution in [2.45, 2.75) is 31.8 Å². The molecule has 1 aliphatic rings. The molecular weight excluding hydrogens is 99.0 g/mol. The Morgan fingerprint density at radius 3 is 1.71 bits per heavy atom. The number of hydrogen-bond acceptors (Lipinski definition) is 1. The van der Waals surface area contributed by atoms with Crippen LogP contribution in [0.15, 0.2) is 0 Å². The van der Waals surface area contributed by atoms with Crippen molar-refractivity contribution in [2.24, 2.45) is 0 Å². The van der Waals surface area contributed by atoms with Gasteiger partial charge in [-0.2, -0.15) is 0 Å². The smallest absolute Gasteiger partial charge is 0.0619 e. The molecule has 0 aromatic heterocycles. The van der Waals surface area contributed by atoms with E-state index in [2.05, 4.69) is 0 Å². The standard InChI is InChI=1S/C5H10O.Na/c1-5(6)3-2-4-5;/h6H,2-4H2,1H3;. The summed E-state index contributed by atoms with van der Waals surface area (Å²) in [5, 5.41) is 8.91. The van der Waals surface area contributed by atoms with Crippen molar-refractivity contribution in [3.05, 3.63) is 0 Å². The van der Waals surface area contributed by atoms with Crippen molar-refractivity contribution in [1.82, 2.24) is 0 Å². The Balaban J connectivity index is 0.000000360. The van der Waals surface area contributed by atoms with Crippen molar-refractivity contribution in [2.75, 3.05) is 0 Å². The van der Waals surface area contributed by atoms with E-state index in [1.54, 1.807) is 0 Å². The van der Waals surface area contributed by atoms with Crippen molar-refractivity contribution in [3.8, 4) is 0 Å². The predicted molar refractivity (Wildman–Crippen MR) is 30.2 cm³/mol. The summed E-state index contributed by atoms with van der Waals surface area (Å²) in [7, 11) is 0. The van der Waals surface area contributed by atoms with Gasteiger partial charge in [0.15, 0.2) is 0 Å². The van der Waals surface area contributed by atoms with Crippen molar-refractivity contribution >= 4 is 29.6 Å². The first-order chi connectivity index (χ1) is 2.71. The molecule has 0 aromatic rings. The first-order valence-electron chi connectivity index (χ1n) is 2.43. The zero-order valence-corrected chi connectivity index (χ0v) is 7.07. The minimum absolute atomic E-state index is 0. The predicted octanol–water partition coefficient (Wildman–Crippen LogP) is 0.540. The second-order valence-electron chi connectivity index (χ2n) is 2.35. The molecule has 0 aromatic carbocycles. The van der Waals surface area contributed by atoms with Gasteiger partial charge < -0.3 is 5.11 Å². The van der Waals surface area contributed by atoms with E-state index < -0.39 is 0 Å². The number of aliphatic hydroxyl groups is 1. The van der Waals surface area contributed by atoms with E-state index in [1.807, 2.05) is 6.92 Å². The average Bonchev–Trinajstić information content (AvgIpc) is 1.32. The summed E-state index contributed by atoms with van der Waals surface area (Å²) in [6.07, 6.45) is 3.23. The third-order valence-electron chi connectivity index (χ3n) is 1.43. The monoisotopic (exact) mass is 109 g/mol. The van der Waals surface area contributed by atoms with Crippen molar-refractivity contribution in [1.29, 1.82) is 0 Å². The normalized spacial score (nSPS) is 24.9. The molecule has 0 bridgehead atoms. The quantitative estimate of drug-likeness (QED) is 0.450. The Morgan fingerprint density at radius 1 is 1.43 bits per heavy atom. The summed E-state index contributed by atoms with van der Waals surface area (Å²) in [6, 6.07) is 0. The minimum atomic E-state index is -0.278. The largest absolute Gasteiger partial charge is 0.390 e. The van der Waals surface area contributed by atoms with Crippen LogP contribution in [0.4, 0.5) is 0 Å². The molecule has 0 spiro atoms. The van der Waals surface area contributed by atoms with E-state index in [0.717, 1.165) is 12.8 Å². The molecule has 1 N–H and O–H groups in total. The first kappa shape index (κ1) is 7.96. The van der Waals surface area contributed by atoms with E-state index in [-0.39, 0.29) is 35.2 Å². The van der Waals surface area contributed by atoms with Crippen LogP contribution in [-0.4, -0.2) is 40.3 Å². The van der Waals surface area contributed by atoms with Crippen LogP contribution >= 0.6 is 0 Å². The van der Waals surface area contributed by atoms with Gasteiger partial charge in [-0.25, -0.2) is 0 Å². The summed E-state index contributed by atoms with van der Waals surface area (Å²) < 4.78 is 0. The molecule has 0 aliphatic heterocycles. The van der Waals surface area contributed by atoms with Crippen molar-refractivity contribution < 1.29 is 5.11 Å². The maximum atomic E-state index is 8.91. The SMILES string of the molecule is CC1(O)CCC1.[Na]. The zero-order valence-electron chi connectivity index (χ0n) is 5.07. The van der Waals surface area contributed by atoms with Gasteiger partial charge in [0.2, 0.25) is 0 Å². The first-order valence-corrected chi connectivity index (χ1v) is 2.43. The summed E-state index contributed by atoms with van der Waals surface area (Å²) in [6.45, 7) is 1.89. The molecule has 0 amide bonds. The fourth-order valence-corrected chi connectivity index (χ4v) is 0.688. The van der Waals surface area contributed by atoms with Crippen LogP contribution in [0, 0.1) is 0 Å². The average molecular weight is 109 g/mol. The Bertz CT molecular complexity index is 55.1. The second kappa shape index (κ2) is 2.49. The minimum Gasteiger partial charge on any atom is -0.390 e. The van der Waals surface area contributed by atoms with E-state index >= 15 is 0 Å². The second-order valence-corrected chi connectivity index (χ2v) is 2.35. The maximum absolute atomic E-state index is 8.91. The van der Waals surface area contributed by atoms with E-state index in [4.69, 9.17) is 5.11 Å². The fraction of sp³-hybridized carbons (Fsp3) is 1.00. The number of hydrogen-bond donors (Lipinski definition) is 1. The molecule has 1 radical (unpaired) electrons. The zero-order chi connectivity index (χ0) is 4.62. The molecule has 2 heteroatoms. The van der Waals surface area contributed by atoms with Crippen LogP contribution in [-0.2, 0) is 0 Å². The molecule has 1 aliphatic carbocycles. The molecule has 0 unspecified atom stereocenters. The van der Waals surface area contributed by atoms with Gasteiger partial charge in [0.25, 0.3) is 0 Å². The van der Waals surface area contributed by atoms with E-state index in [9.17, 15) is 0 Å². The fourth-order valence-electron chi connectivity index (χ4n) is 0.688. The molecule has 1 saturated carbocycles. The number of rotatable bonds is 0. The molecule has 0 heterocycles. The van der Waals surface area contributed by atoms with Crippen LogP contribution < -0.4 is 0 Å². The maximum Gasteiger partial charge on any atom is 0.0619 e. The third kappa shape index (κ3) is 2.13. The Morgan fingerprint density at radius 2 is 1.71 bits per heavy atom. The van der Waals surface area contributed by atoms with Gasteiger partial charge in [0, 0.05) is 29.6 Å². The van der Waals surface area contributed by atoms with Gasteiger partial charge in [-0.05, 0) is 26.2 Å². The molecule has 0 atom stereocenters. The van der Waals surface area contributed by atoms with Gasteiger partial charge in [0.05, 0.1) is 5.60 Å². The van der Waals surface area contributed by atoms with Crippen molar-refractivity contribution in [3.63, 3.8) is 0 Å². The van der Waals surface area contributed by atoms with Gasteiger partial charge in [-0.1, -0.05) is 0 Å². The molecule has 7 heavy (non-hydrogen) atoms. The van der Waals surface area contributed by atoms with Crippen LogP contribution in [0.3, 0.4) is 0 Å². The van der Waals surface area contributed by atoms with Crippen LogP contribution in [0.1, 0.15) is 26.2 Å². The van der Waals surface area contributed by atoms with Gasteiger partial charge in [-0.15, -0.1) is 0 Å². The van der Waals surface area contributed by atoms with Crippen LogP contribution in [0.5, 0.6) is 0 Å². The molecule has 37 valence electrons. The van der Waals surface area contributed by atoms with E-state index in [1.165, 1.54) is 6.42 Å². The third-order valence-corrected chi connectivity index (χ3v) is 1.43. The topological polar surface area (TPSA) is 20.2 Å². The molecule has 1 fully saturated rings. The molecule has 1 nitrogen and oxygen atoms in total. The van der Waals surface area contributed by atoms with Gasteiger partial charge in [-0.3, -0.25) is 0 Å². The Labute approximate surface area is 66.4 Å². The Kier molecular flexibility index (Phi) is 2.83. The Hall–Kier alpha value is 0.960. The molecule has 0 saturated heterocycles. The summed E-state index contributed by atoms with van der Waals surface area (Å²) in [4.78, 5) is 0. The van der Waals surface area contributed by atoms with E-state index in [0.29, 0.717) is 0 Å². The van der Waals surface area contributed by atoms with Gasteiger partial charge >= 0.3 is 0 Å². The summed E-state index contributed by atoms with van der Waals surface area (Å²) in [5.74, 6) is 0. The summed E-state index contributed by atoms with van der Waals surface area (Å²) in [5.41, 5.74) is -0.278. The van der Waals surface area contributed by atoms with Crippen LogP contribution in [0.2, 0.25) is 0 Å². The van der Waals surface area contributed by atoms with Crippen LogP contribution in [0.25, 0.3) is 0 Å².